The highest BCUT2D eigenvalue weighted by Gasteiger charge is 2.40. The number of nitrogens with one attached hydrogen (secondary N) is 1. The van der Waals surface area contributed by atoms with E-state index in [0.29, 0.717) is 5.56 Å². The Balaban J connectivity index is 2.11. The zero-order valence-corrected chi connectivity index (χ0v) is 19.7. The monoisotopic (exact) mass is 506 g/mol. The Hall–Kier alpha value is -3.18. The molecule has 0 spiro atoms. The normalized spacial score (nSPS) is 16.3. The average Bonchev–Trinajstić information content (AvgIpc) is 2.79. The number of rotatable bonds is 9. The first-order valence-corrected chi connectivity index (χ1v) is 12.0. The number of carboxylic acids is 1. The Morgan fingerprint density at radius 1 is 1.09 bits per heavy atom. The van der Waals surface area contributed by atoms with E-state index in [-0.39, 0.29) is 52.2 Å². The van der Waals surface area contributed by atoms with Crippen molar-refractivity contribution < 1.29 is 32.0 Å². The molecule has 11 heteroatoms. The molecule has 0 aromatic heterocycles. The van der Waals surface area contributed by atoms with Gasteiger partial charge in [0, 0.05) is 17.3 Å². The van der Waals surface area contributed by atoms with Gasteiger partial charge in [-0.05, 0) is 30.7 Å². The summed E-state index contributed by atoms with van der Waals surface area (Å²) in [5.74, 6) is -3.78. The first-order chi connectivity index (χ1) is 16.2. The standard InChI is InChI=1S/C23H23ClN2O7S/c1-14-19(23(29)33-34(30,31)15-7-3-2-4-8-15)20(16-9-5-6-10-17(16)24)21(22(27)28)18(26-14)13-32-12-11-25/h2-10,20,26H,11-13,25H2,1H3,(H,27,28)/t20-/m1/s1. The molecule has 34 heavy (non-hydrogen) atoms. The number of allylic oxidation sites excluding steroid dienone is 1. The number of hydrogen-bond acceptors (Lipinski definition) is 8. The summed E-state index contributed by atoms with van der Waals surface area (Å²) in [7, 11) is -4.46. The molecule has 1 aliphatic rings. The summed E-state index contributed by atoms with van der Waals surface area (Å²) >= 11 is 6.37. The molecule has 180 valence electrons. The number of dihydropyridines is 1. The molecular weight excluding hydrogens is 484 g/mol. The van der Waals surface area contributed by atoms with Crippen molar-refractivity contribution in [1.82, 2.24) is 5.32 Å². The van der Waals surface area contributed by atoms with Crippen molar-refractivity contribution in [2.45, 2.75) is 17.7 Å². The Morgan fingerprint density at radius 3 is 2.35 bits per heavy atom. The topological polar surface area (TPSA) is 145 Å². The molecule has 1 aliphatic heterocycles. The van der Waals surface area contributed by atoms with E-state index in [1.165, 1.54) is 31.2 Å². The van der Waals surface area contributed by atoms with Crippen LogP contribution in [0, 0.1) is 0 Å². The van der Waals surface area contributed by atoms with Crippen LogP contribution in [0.3, 0.4) is 0 Å². The second kappa shape index (κ2) is 10.8. The number of hydrogen-bond donors (Lipinski definition) is 3. The van der Waals surface area contributed by atoms with Crippen LogP contribution in [0.5, 0.6) is 0 Å². The van der Waals surface area contributed by atoms with Gasteiger partial charge in [0.1, 0.15) is 4.90 Å². The van der Waals surface area contributed by atoms with Crippen molar-refractivity contribution in [3.63, 3.8) is 0 Å². The first-order valence-electron chi connectivity index (χ1n) is 10.2. The maximum atomic E-state index is 13.2. The third-order valence-corrected chi connectivity index (χ3v) is 6.60. The van der Waals surface area contributed by atoms with Crippen LogP contribution in [0.2, 0.25) is 5.02 Å². The molecule has 2 aromatic rings. The van der Waals surface area contributed by atoms with Gasteiger partial charge in [-0.25, -0.2) is 9.59 Å². The number of halogens is 1. The lowest BCUT2D eigenvalue weighted by atomic mass is 9.80. The molecule has 1 atom stereocenters. The lowest BCUT2D eigenvalue weighted by Crippen LogP contribution is -2.35. The quantitative estimate of drug-likeness (QED) is 0.345. The van der Waals surface area contributed by atoms with Crippen LogP contribution in [-0.2, 0) is 28.6 Å². The van der Waals surface area contributed by atoms with Crippen LogP contribution in [0.4, 0.5) is 0 Å². The molecule has 9 nitrogen and oxygen atoms in total. The van der Waals surface area contributed by atoms with Gasteiger partial charge in [0.15, 0.2) is 0 Å². The zero-order valence-electron chi connectivity index (χ0n) is 18.2. The molecule has 0 radical (unpaired) electrons. The predicted octanol–water partition coefficient (Wildman–Crippen LogP) is 2.55. The van der Waals surface area contributed by atoms with E-state index in [1.807, 2.05) is 0 Å². The number of aliphatic carboxylic acids is 1. The largest absolute Gasteiger partial charge is 0.478 e. The van der Waals surface area contributed by atoms with Crippen molar-refractivity contribution in [3.05, 3.63) is 87.7 Å². The van der Waals surface area contributed by atoms with Crippen LogP contribution >= 0.6 is 11.6 Å². The smallest absolute Gasteiger partial charge is 0.352 e. The molecule has 0 amide bonds. The minimum Gasteiger partial charge on any atom is -0.478 e. The van der Waals surface area contributed by atoms with Gasteiger partial charge in [-0.15, -0.1) is 0 Å². The van der Waals surface area contributed by atoms with Gasteiger partial charge in [0.25, 0.3) is 0 Å². The second-order valence-electron chi connectivity index (χ2n) is 7.29. The van der Waals surface area contributed by atoms with E-state index in [0.717, 1.165) is 0 Å². The summed E-state index contributed by atoms with van der Waals surface area (Å²) in [6.07, 6.45) is 0. The van der Waals surface area contributed by atoms with E-state index in [4.69, 9.17) is 26.3 Å². The zero-order chi connectivity index (χ0) is 24.9. The van der Waals surface area contributed by atoms with Crippen LogP contribution < -0.4 is 11.1 Å². The summed E-state index contributed by atoms with van der Waals surface area (Å²) in [6, 6.07) is 13.5. The van der Waals surface area contributed by atoms with Gasteiger partial charge >= 0.3 is 22.1 Å². The molecule has 0 saturated carbocycles. The van der Waals surface area contributed by atoms with Crippen molar-refractivity contribution in [1.29, 1.82) is 0 Å². The summed E-state index contributed by atoms with van der Waals surface area (Å²) in [6.45, 7) is 1.80. The maximum absolute atomic E-state index is 13.2. The minimum atomic E-state index is -4.46. The summed E-state index contributed by atoms with van der Waals surface area (Å²) < 4.78 is 35.7. The highest BCUT2D eigenvalue weighted by Crippen LogP contribution is 2.41. The van der Waals surface area contributed by atoms with E-state index >= 15 is 0 Å². The average molecular weight is 507 g/mol. The molecule has 0 aliphatic carbocycles. The van der Waals surface area contributed by atoms with Crippen LogP contribution in [0.1, 0.15) is 18.4 Å². The molecule has 0 saturated heterocycles. The van der Waals surface area contributed by atoms with Gasteiger partial charge in [-0.3, -0.25) is 0 Å². The van der Waals surface area contributed by atoms with Gasteiger partial charge < -0.3 is 25.1 Å². The fourth-order valence-electron chi connectivity index (χ4n) is 3.59. The lowest BCUT2D eigenvalue weighted by Gasteiger charge is -2.31. The predicted molar refractivity (Wildman–Crippen MR) is 124 cm³/mol. The second-order valence-corrected chi connectivity index (χ2v) is 9.25. The van der Waals surface area contributed by atoms with Crippen LogP contribution in [-0.4, -0.2) is 45.2 Å². The van der Waals surface area contributed by atoms with Gasteiger partial charge in [0.05, 0.1) is 36.0 Å². The Labute approximate surface area is 201 Å². The Morgan fingerprint density at radius 2 is 1.74 bits per heavy atom. The van der Waals surface area contributed by atoms with E-state index < -0.39 is 28.0 Å². The number of ether oxygens (including phenoxy) is 1. The SMILES string of the molecule is CC1=C(C(=O)OS(=O)(=O)c2ccccc2)[C@@H](c2ccccc2Cl)C(C(=O)O)=C(COCCN)N1. The van der Waals surface area contributed by atoms with E-state index in [9.17, 15) is 23.1 Å². The maximum Gasteiger partial charge on any atom is 0.352 e. The van der Waals surface area contributed by atoms with Crippen molar-refractivity contribution in [2.75, 3.05) is 19.8 Å². The van der Waals surface area contributed by atoms with Crippen LogP contribution in [0.25, 0.3) is 0 Å². The van der Waals surface area contributed by atoms with Crippen LogP contribution in [0.15, 0.2) is 82.0 Å². The highest BCUT2D eigenvalue weighted by atomic mass is 35.5. The van der Waals surface area contributed by atoms with Gasteiger partial charge in [0.2, 0.25) is 0 Å². The van der Waals surface area contributed by atoms with E-state index in [1.54, 1.807) is 30.3 Å². The third kappa shape index (κ3) is 5.48. The summed E-state index contributed by atoms with van der Waals surface area (Å²) in [5, 5.41) is 13.1. The molecule has 4 N–H and O–H groups in total. The lowest BCUT2D eigenvalue weighted by molar-refractivity contribution is -0.133. The Kier molecular flexibility index (Phi) is 8.11. The fraction of sp³-hybridized carbons (Fsp3) is 0.217. The number of nitrogens with two attached hydrogens (primary N) is 1. The first kappa shape index (κ1) is 25.4. The number of carboxylic acid groups (broad SMARTS) is 1. The van der Waals surface area contributed by atoms with Gasteiger partial charge in [-0.1, -0.05) is 48.0 Å². The van der Waals surface area contributed by atoms with Crippen molar-refractivity contribution >= 4 is 33.7 Å². The minimum absolute atomic E-state index is 0.123. The summed E-state index contributed by atoms with van der Waals surface area (Å²) in [5.41, 5.74) is 5.71. The Bertz CT molecular complexity index is 1260. The number of carbonyl (C=O) groups excluding carboxylic acids is 1. The fourth-order valence-corrected chi connectivity index (χ4v) is 4.71. The molecule has 1 heterocycles. The number of benzene rings is 2. The molecule has 0 unspecified atom stereocenters. The van der Waals surface area contributed by atoms with Crippen molar-refractivity contribution in [3.8, 4) is 0 Å². The molecular formula is C23H23ClN2O7S. The van der Waals surface area contributed by atoms with E-state index in [2.05, 4.69) is 5.32 Å². The molecule has 0 fully saturated rings. The number of carbonyl (C=O) groups is 2. The molecule has 0 bridgehead atoms. The van der Waals surface area contributed by atoms with Crippen molar-refractivity contribution in [2.24, 2.45) is 5.73 Å². The third-order valence-electron chi connectivity index (χ3n) is 5.04. The molecule has 2 aromatic carbocycles. The molecule has 3 rings (SSSR count). The summed E-state index contributed by atoms with van der Waals surface area (Å²) in [4.78, 5) is 25.4. The van der Waals surface area contributed by atoms with Gasteiger partial charge in [-0.2, -0.15) is 8.42 Å². The highest BCUT2D eigenvalue weighted by molar-refractivity contribution is 7.87.